The summed E-state index contributed by atoms with van der Waals surface area (Å²) in [5.74, 6) is 0. The summed E-state index contributed by atoms with van der Waals surface area (Å²) in [6, 6.07) is 16.0. The summed E-state index contributed by atoms with van der Waals surface area (Å²) < 4.78 is 4.68. The molecule has 0 unspecified atom stereocenters. The monoisotopic (exact) mass is 446 g/mol. The van der Waals surface area contributed by atoms with Crippen LogP contribution in [-0.4, -0.2) is 12.5 Å². The number of aromatic nitrogens is 2. The van der Waals surface area contributed by atoms with Gasteiger partial charge < -0.3 is 4.40 Å². The molecule has 0 saturated heterocycles. The lowest BCUT2D eigenvalue weighted by molar-refractivity contribution is -0.644. The summed E-state index contributed by atoms with van der Waals surface area (Å²) in [7, 11) is 0.374. The smallest absolute Gasteiger partial charge is 0.224 e. The molecule has 4 heteroatoms. The number of hydrogen-bond acceptors (Lipinski definition) is 1. The molecular formula is C29H28N3Si+. The second-order valence-corrected chi connectivity index (χ2v) is 15.7. The fourth-order valence-electron chi connectivity index (χ4n) is 5.99. The molecule has 0 fully saturated rings. The predicted octanol–water partition coefficient (Wildman–Crippen LogP) is 6.16. The van der Waals surface area contributed by atoms with Crippen molar-refractivity contribution in [2.24, 2.45) is 7.05 Å². The van der Waals surface area contributed by atoms with Gasteiger partial charge in [-0.2, -0.15) is 9.83 Å². The zero-order chi connectivity index (χ0) is 23.4. The Morgan fingerprint density at radius 2 is 1.61 bits per heavy atom. The van der Waals surface area contributed by atoms with E-state index < -0.39 is 8.07 Å². The largest absolute Gasteiger partial charge is 0.307 e. The van der Waals surface area contributed by atoms with Gasteiger partial charge in [0.25, 0.3) is 0 Å². The quantitative estimate of drug-likeness (QED) is 0.129. The Morgan fingerprint density at radius 1 is 0.879 bits per heavy atom. The summed E-state index contributed by atoms with van der Waals surface area (Å²) in [6.45, 7) is 13.9. The number of fused-ring (bicyclic) bond motifs is 6. The maximum atomic E-state index is 10.1. The highest BCUT2D eigenvalue weighted by Crippen LogP contribution is 2.42. The van der Waals surface area contributed by atoms with E-state index in [2.05, 4.69) is 98.9 Å². The van der Waals surface area contributed by atoms with Crippen LogP contribution >= 0.6 is 0 Å². The number of aryl methyl sites for hydroxylation is 4. The number of benzene rings is 3. The molecule has 0 N–H and O–H groups in total. The average molecular weight is 447 g/mol. The van der Waals surface area contributed by atoms with Crippen LogP contribution in [0.25, 0.3) is 49.0 Å². The van der Waals surface area contributed by atoms with Crippen LogP contribution in [0.2, 0.25) is 19.6 Å². The van der Waals surface area contributed by atoms with E-state index in [0.29, 0.717) is 0 Å². The van der Waals surface area contributed by atoms with E-state index in [1.807, 2.05) is 6.20 Å². The normalized spacial score (nSPS) is 12.7. The molecule has 162 valence electrons. The lowest BCUT2D eigenvalue weighted by Crippen LogP contribution is -2.38. The van der Waals surface area contributed by atoms with Gasteiger partial charge >= 0.3 is 0 Å². The van der Waals surface area contributed by atoms with Crippen molar-refractivity contribution in [2.45, 2.75) is 40.4 Å². The van der Waals surface area contributed by atoms with Crippen LogP contribution in [0, 0.1) is 32.1 Å². The van der Waals surface area contributed by atoms with E-state index in [1.165, 1.54) is 65.5 Å². The number of para-hydroxylation sites is 1. The van der Waals surface area contributed by atoms with Crippen molar-refractivity contribution in [3.8, 4) is 6.07 Å². The van der Waals surface area contributed by atoms with E-state index in [-0.39, 0.29) is 0 Å². The van der Waals surface area contributed by atoms with E-state index in [9.17, 15) is 5.26 Å². The van der Waals surface area contributed by atoms with Gasteiger partial charge in [0.15, 0.2) is 6.20 Å². The Labute approximate surface area is 194 Å². The Morgan fingerprint density at radius 3 is 2.30 bits per heavy atom. The molecule has 0 bridgehead atoms. The predicted molar refractivity (Wildman–Crippen MR) is 142 cm³/mol. The first kappa shape index (κ1) is 20.2. The molecule has 0 radical (unpaired) electrons. The van der Waals surface area contributed by atoms with Gasteiger partial charge in [-0.3, -0.25) is 0 Å². The SMILES string of the molecule is Cc1cc(C)c2c(c1C)c1c3c(cc([Si](C)(C)C)c4c5ccccc5n2c43)c(C#N)c[n+]1C. The second kappa shape index (κ2) is 6.33. The summed E-state index contributed by atoms with van der Waals surface area (Å²) in [5.41, 5.74) is 9.69. The van der Waals surface area contributed by atoms with Gasteiger partial charge in [-0.15, -0.1) is 0 Å². The maximum absolute atomic E-state index is 10.1. The summed E-state index contributed by atoms with van der Waals surface area (Å²) in [6.07, 6.45) is 2.02. The van der Waals surface area contributed by atoms with Crippen molar-refractivity contribution in [1.82, 2.24) is 4.40 Å². The summed E-state index contributed by atoms with van der Waals surface area (Å²) in [5, 5.41) is 17.8. The standard InChI is InChI=1S/C29H28N3Si/c1-16-12-17(2)27-24(18(16)3)28-26-21(19(14-30)15-31(28)4)13-23(33(5,6)7)25-20-10-8-9-11-22(20)32(27)29(25)26/h8-13,15H,1-7H3/q+1. The third-order valence-corrected chi connectivity index (χ3v) is 9.55. The van der Waals surface area contributed by atoms with Gasteiger partial charge in [-0.25, -0.2) is 0 Å². The Balaban J connectivity index is 2.17. The van der Waals surface area contributed by atoms with E-state index in [0.717, 1.165) is 10.9 Å². The van der Waals surface area contributed by atoms with Crippen molar-refractivity contribution < 1.29 is 4.57 Å². The fraction of sp³-hybridized carbons (Fsp3) is 0.241. The van der Waals surface area contributed by atoms with Crippen LogP contribution in [0.15, 0.2) is 42.6 Å². The summed E-state index contributed by atoms with van der Waals surface area (Å²) in [4.78, 5) is 0. The molecular weight excluding hydrogens is 418 g/mol. The Kier molecular flexibility index (Phi) is 3.88. The average Bonchev–Trinajstić information content (AvgIpc) is 3.11. The molecule has 0 spiro atoms. The van der Waals surface area contributed by atoms with Gasteiger partial charge in [0.2, 0.25) is 5.52 Å². The number of hydrogen-bond donors (Lipinski definition) is 0. The van der Waals surface area contributed by atoms with Gasteiger partial charge in [-0.05, 0) is 48.7 Å². The van der Waals surface area contributed by atoms with E-state index in [1.54, 1.807) is 0 Å². The van der Waals surface area contributed by atoms with Crippen LogP contribution in [0.4, 0.5) is 0 Å². The lowest BCUT2D eigenvalue weighted by Gasteiger charge is -2.22. The van der Waals surface area contributed by atoms with Crippen LogP contribution < -0.4 is 9.75 Å². The van der Waals surface area contributed by atoms with E-state index in [4.69, 9.17) is 0 Å². The Bertz CT molecular complexity index is 1840. The van der Waals surface area contributed by atoms with Crippen molar-refractivity contribution >= 4 is 62.3 Å². The Hall–Kier alpha value is -3.42. The topological polar surface area (TPSA) is 32.1 Å². The third kappa shape index (κ3) is 2.41. The number of pyridine rings is 2. The zero-order valence-corrected chi connectivity index (χ0v) is 21.4. The van der Waals surface area contributed by atoms with Crippen molar-refractivity contribution in [3.63, 3.8) is 0 Å². The first-order valence-corrected chi connectivity index (χ1v) is 15.1. The molecule has 3 nitrogen and oxygen atoms in total. The first-order chi connectivity index (χ1) is 15.6. The van der Waals surface area contributed by atoms with Gasteiger partial charge in [0.05, 0.1) is 35.4 Å². The molecule has 0 amide bonds. The highest BCUT2D eigenvalue weighted by molar-refractivity contribution is 6.91. The van der Waals surface area contributed by atoms with Crippen molar-refractivity contribution in [3.05, 3.63) is 64.8 Å². The zero-order valence-electron chi connectivity index (χ0n) is 20.4. The molecule has 0 aliphatic heterocycles. The molecule has 0 atom stereocenters. The number of rotatable bonds is 1. The van der Waals surface area contributed by atoms with Gasteiger partial charge in [-0.1, -0.05) is 50.0 Å². The molecule has 33 heavy (non-hydrogen) atoms. The number of nitrogens with zero attached hydrogens (tertiary/aromatic N) is 3. The number of nitriles is 1. The van der Waals surface area contributed by atoms with Crippen LogP contribution in [0.3, 0.4) is 0 Å². The van der Waals surface area contributed by atoms with Crippen LogP contribution in [0.5, 0.6) is 0 Å². The highest BCUT2D eigenvalue weighted by atomic mass is 28.3. The minimum absolute atomic E-state index is 0.750. The molecule has 0 saturated carbocycles. The molecule has 6 aromatic rings. The third-order valence-electron chi connectivity index (χ3n) is 7.54. The van der Waals surface area contributed by atoms with Crippen molar-refractivity contribution in [2.75, 3.05) is 0 Å². The fourth-order valence-corrected chi connectivity index (χ4v) is 7.57. The summed E-state index contributed by atoms with van der Waals surface area (Å²) >= 11 is 0. The first-order valence-electron chi connectivity index (χ1n) is 11.6. The molecule has 3 aromatic carbocycles. The van der Waals surface area contributed by atoms with Gasteiger partial charge in [0, 0.05) is 16.2 Å². The minimum atomic E-state index is -1.72. The van der Waals surface area contributed by atoms with Crippen LogP contribution in [0.1, 0.15) is 22.3 Å². The van der Waals surface area contributed by atoms with Gasteiger partial charge in [0.1, 0.15) is 18.7 Å². The van der Waals surface area contributed by atoms with Crippen LogP contribution in [-0.2, 0) is 7.05 Å². The lowest BCUT2D eigenvalue weighted by atomic mass is 9.94. The highest BCUT2D eigenvalue weighted by Gasteiger charge is 2.31. The minimum Gasteiger partial charge on any atom is -0.307 e. The van der Waals surface area contributed by atoms with E-state index >= 15 is 0 Å². The van der Waals surface area contributed by atoms with Crippen molar-refractivity contribution in [1.29, 1.82) is 5.26 Å². The molecule has 6 rings (SSSR count). The second-order valence-electron chi connectivity index (χ2n) is 10.6. The maximum Gasteiger partial charge on any atom is 0.224 e. The molecule has 0 aliphatic carbocycles. The molecule has 3 aromatic heterocycles. The molecule has 3 heterocycles. The molecule has 0 aliphatic rings.